The third kappa shape index (κ3) is 3.80. The fourth-order valence-corrected chi connectivity index (χ4v) is 11.3. The summed E-state index contributed by atoms with van der Waals surface area (Å²) in [5, 5.41) is 10.8. The highest BCUT2D eigenvalue weighted by Crippen LogP contribution is 2.46. The van der Waals surface area contributed by atoms with Crippen LogP contribution in [0.2, 0.25) is 0 Å². The Morgan fingerprint density at radius 1 is 0.293 bits per heavy atom. The minimum atomic E-state index is 1.34. The van der Waals surface area contributed by atoms with Gasteiger partial charge in [0.25, 0.3) is 0 Å². The lowest BCUT2D eigenvalue weighted by Crippen LogP contribution is -1.81. The van der Waals surface area contributed by atoms with Gasteiger partial charge in [-0.2, -0.15) is 0 Å². The Labute approximate surface area is 257 Å². The van der Waals surface area contributed by atoms with Gasteiger partial charge < -0.3 is 0 Å². The molecular formula is C36H22S5. The SMILES string of the molecule is Cc1ccc(-c2ccc(-c3ccc(-c4cc5c(ccc6c5ccc5c7ccc8sc(C)cc8c7ccc65)s4)s3)s2)s1. The van der Waals surface area contributed by atoms with Gasteiger partial charge in [0.1, 0.15) is 0 Å². The number of rotatable bonds is 3. The maximum absolute atomic E-state index is 2.41. The van der Waals surface area contributed by atoms with E-state index < -0.39 is 0 Å². The Balaban J connectivity index is 1.14. The highest BCUT2D eigenvalue weighted by atomic mass is 32.1. The molecule has 196 valence electrons. The lowest BCUT2D eigenvalue weighted by molar-refractivity contribution is 1.64. The smallest absolute Gasteiger partial charge is 0.0455 e. The zero-order chi connectivity index (χ0) is 27.2. The van der Waals surface area contributed by atoms with Crippen LogP contribution in [-0.2, 0) is 0 Å². The molecule has 0 bridgehead atoms. The largest absolute Gasteiger partial charge is 0.141 e. The van der Waals surface area contributed by atoms with Crippen molar-refractivity contribution in [2.24, 2.45) is 0 Å². The van der Waals surface area contributed by atoms with Crippen molar-refractivity contribution in [3.8, 4) is 29.3 Å². The topological polar surface area (TPSA) is 0 Å². The summed E-state index contributed by atoms with van der Waals surface area (Å²) in [5.41, 5.74) is 0. The molecular weight excluding hydrogens is 593 g/mol. The van der Waals surface area contributed by atoms with Crippen molar-refractivity contribution in [2.45, 2.75) is 13.8 Å². The minimum absolute atomic E-state index is 1.34. The minimum Gasteiger partial charge on any atom is -0.141 e. The molecule has 0 radical (unpaired) electrons. The average molecular weight is 615 g/mol. The van der Waals surface area contributed by atoms with E-state index >= 15 is 0 Å². The molecule has 5 aromatic heterocycles. The summed E-state index contributed by atoms with van der Waals surface area (Å²) in [6.07, 6.45) is 0. The summed E-state index contributed by atoms with van der Waals surface area (Å²) in [7, 11) is 0. The molecule has 5 heterocycles. The molecule has 0 saturated carbocycles. The first-order chi connectivity index (χ1) is 20.1. The van der Waals surface area contributed by atoms with Crippen LogP contribution >= 0.6 is 56.7 Å². The molecule has 9 aromatic rings. The van der Waals surface area contributed by atoms with Gasteiger partial charge >= 0.3 is 0 Å². The van der Waals surface area contributed by atoms with Gasteiger partial charge in [-0.05, 0) is 107 Å². The van der Waals surface area contributed by atoms with Crippen molar-refractivity contribution >= 4 is 109 Å². The van der Waals surface area contributed by atoms with Crippen molar-refractivity contribution in [1.29, 1.82) is 0 Å². The van der Waals surface area contributed by atoms with E-state index in [2.05, 4.69) is 111 Å². The van der Waals surface area contributed by atoms with Gasteiger partial charge in [-0.15, -0.1) is 56.7 Å². The normalized spacial score (nSPS) is 12.1. The second-order valence-corrected chi connectivity index (χ2v) is 16.4. The van der Waals surface area contributed by atoms with E-state index in [1.54, 1.807) is 0 Å². The molecule has 5 heteroatoms. The molecule has 0 amide bonds. The van der Waals surface area contributed by atoms with Crippen LogP contribution in [0.15, 0.2) is 97.1 Å². The van der Waals surface area contributed by atoms with Crippen LogP contribution in [-0.4, -0.2) is 0 Å². The zero-order valence-corrected chi connectivity index (χ0v) is 26.4. The molecule has 0 fully saturated rings. The number of benzene rings is 4. The molecule has 0 nitrogen and oxygen atoms in total. The average Bonchev–Trinajstić information content (AvgIpc) is 3.80. The first kappa shape index (κ1) is 24.3. The first-order valence-corrected chi connectivity index (χ1v) is 17.7. The predicted octanol–water partition coefficient (Wildman–Crippen LogP) is 13.4. The van der Waals surface area contributed by atoms with E-state index in [0.29, 0.717) is 0 Å². The second-order valence-electron chi connectivity index (χ2n) is 10.6. The van der Waals surface area contributed by atoms with Crippen molar-refractivity contribution in [3.05, 3.63) is 107 Å². The number of aryl methyl sites for hydroxylation is 2. The lowest BCUT2D eigenvalue weighted by Gasteiger charge is -2.09. The maximum Gasteiger partial charge on any atom is 0.0455 e. The van der Waals surface area contributed by atoms with Crippen LogP contribution in [0.3, 0.4) is 0 Å². The summed E-state index contributed by atoms with van der Waals surface area (Å²) < 4.78 is 2.72. The van der Waals surface area contributed by atoms with Crippen LogP contribution in [0.25, 0.3) is 81.8 Å². The third-order valence-corrected chi connectivity index (χ3v) is 13.9. The van der Waals surface area contributed by atoms with Gasteiger partial charge in [-0.25, -0.2) is 0 Å². The molecule has 0 spiro atoms. The molecule has 41 heavy (non-hydrogen) atoms. The maximum atomic E-state index is 2.41. The fourth-order valence-electron chi connectivity index (χ4n) is 6.10. The molecule has 0 N–H and O–H groups in total. The van der Waals surface area contributed by atoms with Crippen LogP contribution in [0.5, 0.6) is 0 Å². The summed E-state index contributed by atoms with van der Waals surface area (Å²) in [5.74, 6) is 0. The third-order valence-electron chi connectivity index (χ3n) is 7.99. The summed E-state index contributed by atoms with van der Waals surface area (Å²) in [4.78, 5) is 10.8. The van der Waals surface area contributed by atoms with E-state index in [4.69, 9.17) is 0 Å². The van der Waals surface area contributed by atoms with Crippen molar-refractivity contribution in [2.75, 3.05) is 0 Å². The summed E-state index contributed by atoms with van der Waals surface area (Å²) in [6, 6.07) is 37.0. The number of hydrogen-bond donors (Lipinski definition) is 0. The predicted molar refractivity (Wildman–Crippen MR) is 189 cm³/mol. The highest BCUT2D eigenvalue weighted by molar-refractivity contribution is 7.29. The van der Waals surface area contributed by atoms with Gasteiger partial charge in [-0.3, -0.25) is 0 Å². The van der Waals surface area contributed by atoms with E-state index in [-0.39, 0.29) is 0 Å². The number of thiophene rings is 5. The van der Waals surface area contributed by atoms with Gasteiger partial charge in [0.2, 0.25) is 0 Å². The number of fused-ring (bicyclic) bond motifs is 9. The van der Waals surface area contributed by atoms with Gasteiger partial charge in [0, 0.05) is 59.2 Å². The molecule has 0 atom stereocenters. The van der Waals surface area contributed by atoms with E-state index in [1.165, 1.54) is 91.5 Å². The lowest BCUT2D eigenvalue weighted by atomic mass is 9.95. The Morgan fingerprint density at radius 3 is 1.24 bits per heavy atom. The Hall–Kier alpha value is -3.32. The molecule has 0 aliphatic heterocycles. The Kier molecular flexibility index (Phi) is 5.39. The first-order valence-electron chi connectivity index (χ1n) is 13.6. The molecule has 0 aliphatic carbocycles. The van der Waals surface area contributed by atoms with Crippen molar-refractivity contribution in [1.82, 2.24) is 0 Å². The van der Waals surface area contributed by atoms with Crippen LogP contribution < -0.4 is 0 Å². The molecule has 0 unspecified atom stereocenters. The van der Waals surface area contributed by atoms with Crippen LogP contribution in [0.4, 0.5) is 0 Å². The second kappa shape index (κ2) is 9.09. The highest BCUT2D eigenvalue weighted by Gasteiger charge is 2.15. The van der Waals surface area contributed by atoms with Gasteiger partial charge in [0.15, 0.2) is 0 Å². The van der Waals surface area contributed by atoms with E-state index in [9.17, 15) is 0 Å². The monoisotopic (exact) mass is 614 g/mol. The number of hydrogen-bond acceptors (Lipinski definition) is 5. The molecule has 4 aromatic carbocycles. The van der Waals surface area contributed by atoms with Crippen LogP contribution in [0.1, 0.15) is 9.75 Å². The Morgan fingerprint density at radius 2 is 0.707 bits per heavy atom. The summed E-state index contributed by atoms with van der Waals surface area (Å²) >= 11 is 9.46. The Bertz CT molecular complexity index is 2450. The summed E-state index contributed by atoms with van der Waals surface area (Å²) in [6.45, 7) is 4.38. The van der Waals surface area contributed by atoms with Crippen molar-refractivity contribution in [3.63, 3.8) is 0 Å². The quantitative estimate of drug-likeness (QED) is 0.174. The van der Waals surface area contributed by atoms with E-state index in [1.807, 2.05) is 56.7 Å². The standard InChI is InChI=1S/C36H22S5/c1-19-3-10-31(37-19)32-13-14-33(40-32)34-15-16-35(41-34)36-18-28-26-7-5-21-22(24(26)9-12-30(28)39-36)4-6-25-23(21)8-11-29-27(25)17-20(2)38-29/h3-18H,1-2H3. The van der Waals surface area contributed by atoms with Crippen LogP contribution in [0, 0.1) is 13.8 Å². The molecule has 0 saturated heterocycles. The van der Waals surface area contributed by atoms with Gasteiger partial charge in [0.05, 0.1) is 0 Å². The van der Waals surface area contributed by atoms with Crippen molar-refractivity contribution < 1.29 is 0 Å². The van der Waals surface area contributed by atoms with E-state index in [0.717, 1.165) is 0 Å². The zero-order valence-electron chi connectivity index (χ0n) is 22.3. The van der Waals surface area contributed by atoms with Gasteiger partial charge in [-0.1, -0.05) is 36.4 Å². The molecule has 0 aliphatic rings. The fraction of sp³-hybridized carbons (Fsp3) is 0.0556. The molecule has 9 rings (SSSR count).